The molecule has 0 fully saturated rings. The Morgan fingerprint density at radius 1 is 0.824 bits per heavy atom. The fourth-order valence-electron chi connectivity index (χ4n) is 5.57. The van der Waals surface area contributed by atoms with Crippen molar-refractivity contribution in [1.82, 2.24) is 35.8 Å². The molecule has 2 aromatic carbocycles. The molecule has 2 aromatic heterocycles. The topological polar surface area (TPSA) is 159 Å². The van der Waals surface area contributed by atoms with Crippen molar-refractivity contribution < 1.29 is 24.2 Å². The first-order valence-electron chi connectivity index (χ1n) is 17.2. The number of pyridine rings is 1. The van der Waals surface area contributed by atoms with Gasteiger partial charge in [0.1, 0.15) is 12.6 Å². The normalized spacial score (nSPS) is 13.4. The molecule has 2 heterocycles. The molecule has 0 bridgehead atoms. The molecular formula is C39H49N7O5. The smallest absolute Gasteiger partial charge is 0.407 e. The van der Waals surface area contributed by atoms with E-state index in [1.165, 1.54) is 4.90 Å². The van der Waals surface area contributed by atoms with Crippen molar-refractivity contribution in [1.29, 1.82) is 0 Å². The van der Waals surface area contributed by atoms with Gasteiger partial charge in [0.15, 0.2) is 0 Å². The molecule has 51 heavy (non-hydrogen) atoms. The average Bonchev–Trinajstić information content (AvgIpc) is 3.12. The number of amides is 4. The number of alkyl carbamates (subject to hydrolysis) is 1. The lowest BCUT2D eigenvalue weighted by Crippen LogP contribution is -2.57. The molecule has 0 aliphatic rings. The highest BCUT2D eigenvalue weighted by Crippen LogP contribution is 2.16. The Morgan fingerprint density at radius 2 is 1.47 bits per heavy atom. The van der Waals surface area contributed by atoms with Crippen molar-refractivity contribution >= 4 is 18.0 Å². The monoisotopic (exact) mass is 695 g/mol. The van der Waals surface area contributed by atoms with Gasteiger partial charge < -0.3 is 30.7 Å². The summed E-state index contributed by atoms with van der Waals surface area (Å²) in [4.78, 5) is 54.5. The van der Waals surface area contributed by atoms with Gasteiger partial charge >= 0.3 is 12.1 Å². The molecule has 0 aliphatic heterocycles. The lowest BCUT2D eigenvalue weighted by Gasteiger charge is -2.31. The van der Waals surface area contributed by atoms with Crippen LogP contribution in [0.5, 0.6) is 0 Å². The Bertz CT molecular complexity index is 1690. The summed E-state index contributed by atoms with van der Waals surface area (Å²) >= 11 is 0. The van der Waals surface area contributed by atoms with Crippen molar-refractivity contribution in [3.05, 3.63) is 125 Å². The summed E-state index contributed by atoms with van der Waals surface area (Å²) in [5, 5.41) is 20.6. The van der Waals surface area contributed by atoms with Crippen LogP contribution in [0.4, 0.5) is 9.59 Å². The minimum Gasteiger partial charge on any atom is -0.445 e. The minimum atomic E-state index is -1.07. The van der Waals surface area contributed by atoms with Crippen LogP contribution in [0.15, 0.2) is 91.4 Å². The first-order valence-corrected chi connectivity index (χ1v) is 17.2. The van der Waals surface area contributed by atoms with E-state index in [9.17, 15) is 19.5 Å². The van der Waals surface area contributed by atoms with Gasteiger partial charge in [0.05, 0.1) is 42.0 Å². The van der Waals surface area contributed by atoms with E-state index in [2.05, 4.69) is 30.9 Å². The number of aliphatic hydroxyl groups is 1. The second kappa shape index (κ2) is 19.1. The van der Waals surface area contributed by atoms with Crippen molar-refractivity contribution in [3.63, 3.8) is 0 Å². The quantitative estimate of drug-likeness (QED) is 0.132. The molecule has 0 unspecified atom stereocenters. The van der Waals surface area contributed by atoms with E-state index >= 15 is 0 Å². The first kappa shape index (κ1) is 38.4. The predicted octanol–water partition coefficient (Wildman–Crippen LogP) is 4.67. The summed E-state index contributed by atoms with van der Waals surface area (Å²) < 4.78 is 5.47. The van der Waals surface area contributed by atoms with Crippen LogP contribution in [-0.2, 0) is 35.5 Å². The predicted molar refractivity (Wildman–Crippen MR) is 194 cm³/mol. The number of aromatic nitrogens is 3. The summed E-state index contributed by atoms with van der Waals surface area (Å²) in [5.41, 5.74) is 4.85. The van der Waals surface area contributed by atoms with Gasteiger partial charge in [-0.1, -0.05) is 80.6 Å². The Labute approximate surface area is 300 Å². The van der Waals surface area contributed by atoms with Crippen LogP contribution in [0.25, 0.3) is 0 Å². The van der Waals surface area contributed by atoms with Crippen LogP contribution >= 0.6 is 0 Å². The molecule has 4 N–H and O–H groups in total. The largest absolute Gasteiger partial charge is 0.445 e. The van der Waals surface area contributed by atoms with Crippen molar-refractivity contribution in [3.8, 4) is 0 Å². The van der Waals surface area contributed by atoms with Gasteiger partial charge in [-0.05, 0) is 56.2 Å². The van der Waals surface area contributed by atoms with E-state index in [1.807, 2.05) is 94.4 Å². The number of urea groups is 1. The number of rotatable bonds is 16. The summed E-state index contributed by atoms with van der Waals surface area (Å²) in [5.74, 6) is -0.693. The third-order valence-electron chi connectivity index (χ3n) is 8.57. The van der Waals surface area contributed by atoms with Gasteiger partial charge in [0.25, 0.3) is 0 Å². The van der Waals surface area contributed by atoms with Crippen molar-refractivity contribution in [2.75, 3.05) is 7.05 Å². The highest BCUT2D eigenvalue weighted by atomic mass is 16.5. The third-order valence-corrected chi connectivity index (χ3v) is 8.57. The van der Waals surface area contributed by atoms with E-state index in [4.69, 9.17) is 4.74 Å². The summed E-state index contributed by atoms with van der Waals surface area (Å²) in [6.45, 7) is 7.68. The Morgan fingerprint density at radius 3 is 2.08 bits per heavy atom. The molecule has 0 spiro atoms. The number of benzene rings is 2. The van der Waals surface area contributed by atoms with Crippen molar-refractivity contribution in [2.24, 2.45) is 5.92 Å². The maximum absolute atomic E-state index is 13.9. The van der Waals surface area contributed by atoms with E-state index < -0.39 is 42.3 Å². The second-order valence-corrected chi connectivity index (χ2v) is 13.1. The fraction of sp³-hybridized carbons (Fsp3) is 0.385. The number of nitrogens with zero attached hydrogens (tertiary/aromatic N) is 4. The van der Waals surface area contributed by atoms with Crippen LogP contribution in [0, 0.1) is 19.8 Å². The zero-order valence-electron chi connectivity index (χ0n) is 30.0. The standard InChI is InChI=1S/C39H49N7O5/c1-26(2)36(45-38(49)46(5)24-33-23-41-27(3)28(4)42-33)37(48)44-34(20-30-15-10-7-11-16-30)35(47)21-32(19-29-13-8-6-9-14-29)43-39(50)51-25-31-17-12-18-40-22-31/h6-18,22-23,26,32,34-36,47H,19-21,24-25H2,1-5H3,(H,43,50)(H,44,48)(H,45,49)/t32-,34-,35-,36-/m0/s1. The molecule has 12 nitrogen and oxygen atoms in total. The van der Waals surface area contributed by atoms with Gasteiger partial charge in [-0.2, -0.15) is 0 Å². The minimum absolute atomic E-state index is 0.0442. The van der Waals surface area contributed by atoms with Crippen LogP contribution in [-0.4, -0.2) is 74.3 Å². The maximum Gasteiger partial charge on any atom is 0.407 e. The molecule has 270 valence electrons. The Balaban J connectivity index is 1.48. The summed E-state index contributed by atoms with van der Waals surface area (Å²) in [6.07, 6.45) is 4.06. The third kappa shape index (κ3) is 12.5. The SMILES string of the molecule is Cc1ncc(CN(C)C(=O)N[C@H](C(=O)N[C@@H](Cc2ccccc2)[C@@H](O)C[C@H](Cc2ccccc2)NC(=O)OCc2cccnc2)C(C)C)nc1C. The molecule has 4 rings (SSSR count). The van der Waals surface area contributed by atoms with Gasteiger partial charge in [-0.15, -0.1) is 0 Å². The number of carbonyl (C=O) groups is 3. The number of ether oxygens (including phenoxy) is 1. The number of aliphatic hydroxyl groups excluding tert-OH is 1. The second-order valence-electron chi connectivity index (χ2n) is 13.1. The summed E-state index contributed by atoms with van der Waals surface area (Å²) in [7, 11) is 1.63. The number of hydrogen-bond donors (Lipinski definition) is 4. The first-order chi connectivity index (χ1) is 24.5. The number of hydrogen-bond acceptors (Lipinski definition) is 8. The maximum atomic E-state index is 13.9. The molecule has 0 saturated heterocycles. The lowest BCUT2D eigenvalue weighted by atomic mass is 9.93. The van der Waals surface area contributed by atoms with Crippen LogP contribution in [0.1, 0.15) is 54.0 Å². The van der Waals surface area contributed by atoms with Gasteiger partial charge in [-0.3, -0.25) is 19.7 Å². The number of aryl methyl sites for hydroxylation is 2. The lowest BCUT2D eigenvalue weighted by molar-refractivity contribution is -0.125. The van der Waals surface area contributed by atoms with Gasteiger partial charge in [-0.25, -0.2) is 9.59 Å². The molecule has 12 heteroatoms. The highest BCUT2D eigenvalue weighted by Gasteiger charge is 2.31. The van der Waals surface area contributed by atoms with Crippen molar-refractivity contribution in [2.45, 2.75) is 84.3 Å². The molecule has 4 amide bonds. The Hall–Kier alpha value is -5.36. The highest BCUT2D eigenvalue weighted by molar-refractivity contribution is 5.87. The average molecular weight is 696 g/mol. The molecule has 0 radical (unpaired) electrons. The molecule has 4 aromatic rings. The van der Waals surface area contributed by atoms with E-state index in [0.717, 1.165) is 28.1 Å². The molecular weight excluding hydrogens is 646 g/mol. The molecule has 0 saturated carbocycles. The molecule has 0 aliphatic carbocycles. The van der Waals surface area contributed by atoms with E-state index in [0.29, 0.717) is 18.5 Å². The van der Waals surface area contributed by atoms with Gasteiger partial charge in [0, 0.05) is 31.0 Å². The number of nitrogens with one attached hydrogen (secondary N) is 3. The summed E-state index contributed by atoms with van der Waals surface area (Å²) in [6, 6.07) is 20.1. The van der Waals surface area contributed by atoms with Crippen LogP contribution in [0.2, 0.25) is 0 Å². The molecule has 4 atom stereocenters. The van der Waals surface area contributed by atoms with Crippen LogP contribution in [0.3, 0.4) is 0 Å². The van der Waals surface area contributed by atoms with E-state index in [1.54, 1.807) is 31.7 Å². The fourth-order valence-corrected chi connectivity index (χ4v) is 5.57. The van der Waals surface area contributed by atoms with E-state index in [-0.39, 0.29) is 25.5 Å². The zero-order valence-corrected chi connectivity index (χ0v) is 30.0. The Kier molecular flexibility index (Phi) is 14.4. The number of carbonyl (C=O) groups excluding carboxylic acids is 3. The zero-order chi connectivity index (χ0) is 36.8. The van der Waals surface area contributed by atoms with Crippen LogP contribution < -0.4 is 16.0 Å². The van der Waals surface area contributed by atoms with Gasteiger partial charge in [0.2, 0.25) is 5.91 Å².